The summed E-state index contributed by atoms with van der Waals surface area (Å²) in [5.74, 6) is 1.81. The van der Waals surface area contributed by atoms with Crippen molar-refractivity contribution in [1.82, 2.24) is 0 Å². The van der Waals surface area contributed by atoms with Crippen LogP contribution in [0.3, 0.4) is 0 Å². The zero-order valence-electron chi connectivity index (χ0n) is 10.6. The lowest BCUT2D eigenvalue weighted by atomic mass is 9.89. The first kappa shape index (κ1) is 13.0. The Morgan fingerprint density at radius 1 is 1.37 bits per heavy atom. The van der Waals surface area contributed by atoms with E-state index in [9.17, 15) is 9.90 Å². The summed E-state index contributed by atoms with van der Waals surface area (Å²) in [5, 5.41) is 9.19. The minimum atomic E-state index is -0.941. The topological polar surface area (TPSA) is 46.5 Å². The fourth-order valence-corrected chi connectivity index (χ4v) is 4.08. The maximum absolute atomic E-state index is 11.2. The summed E-state index contributed by atoms with van der Waals surface area (Å²) < 4.78 is 6.56. The van der Waals surface area contributed by atoms with E-state index in [-0.39, 0.29) is 5.56 Å². The molecule has 4 heteroatoms. The standard InChI is InChI=1S/C15H17BrO3/c16-13-3-1-2-12(15(17)18)14(13)19-8-11-7-9-4-5-10(11)6-9/h1-3,9-11H,4-8H2,(H,17,18). The Hall–Kier alpha value is -1.03. The van der Waals surface area contributed by atoms with Crippen LogP contribution in [-0.2, 0) is 0 Å². The van der Waals surface area contributed by atoms with Gasteiger partial charge in [0, 0.05) is 0 Å². The Morgan fingerprint density at radius 3 is 2.84 bits per heavy atom. The van der Waals surface area contributed by atoms with Gasteiger partial charge in [-0.3, -0.25) is 0 Å². The van der Waals surface area contributed by atoms with Crippen LogP contribution in [0.15, 0.2) is 22.7 Å². The van der Waals surface area contributed by atoms with Gasteiger partial charge in [-0.2, -0.15) is 0 Å². The van der Waals surface area contributed by atoms with Gasteiger partial charge in [-0.05, 0) is 65.1 Å². The number of hydrogen-bond donors (Lipinski definition) is 1. The molecule has 0 aromatic heterocycles. The highest BCUT2D eigenvalue weighted by Gasteiger charge is 2.39. The Kier molecular flexibility index (Phi) is 3.52. The molecule has 2 aliphatic carbocycles. The van der Waals surface area contributed by atoms with E-state index in [1.807, 2.05) is 6.07 Å². The number of carboxylic acid groups (broad SMARTS) is 1. The number of carboxylic acids is 1. The number of fused-ring (bicyclic) bond motifs is 2. The highest BCUT2D eigenvalue weighted by Crippen LogP contribution is 2.48. The van der Waals surface area contributed by atoms with Gasteiger partial charge in [0.15, 0.2) is 0 Å². The summed E-state index contributed by atoms with van der Waals surface area (Å²) in [6.07, 6.45) is 5.28. The molecule has 1 aromatic carbocycles. The largest absolute Gasteiger partial charge is 0.491 e. The fourth-order valence-electron chi connectivity index (χ4n) is 3.59. The molecule has 3 atom stereocenters. The van der Waals surface area contributed by atoms with E-state index in [0.717, 1.165) is 16.3 Å². The molecule has 0 amide bonds. The number of ether oxygens (including phenoxy) is 1. The average molecular weight is 325 g/mol. The van der Waals surface area contributed by atoms with Crippen molar-refractivity contribution in [3.63, 3.8) is 0 Å². The SMILES string of the molecule is O=C(O)c1cccc(Br)c1OCC1CC2CCC1C2. The van der Waals surface area contributed by atoms with E-state index in [2.05, 4.69) is 15.9 Å². The van der Waals surface area contributed by atoms with Crippen LogP contribution in [0.5, 0.6) is 5.75 Å². The number of hydrogen-bond acceptors (Lipinski definition) is 2. The predicted octanol–water partition coefficient (Wildman–Crippen LogP) is 3.96. The molecule has 1 N–H and O–H groups in total. The lowest BCUT2D eigenvalue weighted by Gasteiger charge is -2.22. The van der Waals surface area contributed by atoms with E-state index in [0.29, 0.717) is 18.3 Å². The molecule has 0 radical (unpaired) electrons. The number of aromatic carboxylic acids is 1. The van der Waals surface area contributed by atoms with Crippen molar-refractivity contribution in [1.29, 1.82) is 0 Å². The molecule has 0 saturated heterocycles. The quantitative estimate of drug-likeness (QED) is 0.911. The Balaban J connectivity index is 1.71. The zero-order chi connectivity index (χ0) is 13.4. The normalized spacial score (nSPS) is 28.6. The Morgan fingerprint density at radius 2 is 2.21 bits per heavy atom. The third-order valence-corrected chi connectivity index (χ3v) is 5.15. The Labute approximate surface area is 121 Å². The molecule has 2 bridgehead atoms. The molecule has 2 aliphatic rings. The van der Waals surface area contributed by atoms with Gasteiger partial charge in [-0.25, -0.2) is 4.79 Å². The molecule has 3 unspecified atom stereocenters. The lowest BCUT2D eigenvalue weighted by Crippen LogP contribution is -2.19. The second kappa shape index (κ2) is 5.16. The fraction of sp³-hybridized carbons (Fsp3) is 0.533. The molecular formula is C15H17BrO3. The van der Waals surface area contributed by atoms with E-state index in [1.165, 1.54) is 25.7 Å². The maximum atomic E-state index is 11.2. The third kappa shape index (κ3) is 2.50. The molecule has 2 fully saturated rings. The number of carbonyl (C=O) groups is 1. The van der Waals surface area contributed by atoms with Crippen molar-refractivity contribution in [3.05, 3.63) is 28.2 Å². The number of rotatable bonds is 4. The van der Waals surface area contributed by atoms with Crippen LogP contribution in [-0.4, -0.2) is 17.7 Å². The first-order valence-corrected chi connectivity index (χ1v) is 7.59. The van der Waals surface area contributed by atoms with Crippen LogP contribution in [0.25, 0.3) is 0 Å². The lowest BCUT2D eigenvalue weighted by molar-refractivity contribution is 0.0690. The Bertz CT molecular complexity index is 500. The predicted molar refractivity (Wildman–Crippen MR) is 75.5 cm³/mol. The van der Waals surface area contributed by atoms with Gasteiger partial charge < -0.3 is 9.84 Å². The van der Waals surface area contributed by atoms with Crippen LogP contribution >= 0.6 is 15.9 Å². The van der Waals surface area contributed by atoms with Crippen molar-refractivity contribution in [2.45, 2.75) is 25.7 Å². The van der Waals surface area contributed by atoms with Gasteiger partial charge >= 0.3 is 5.97 Å². The molecule has 3 rings (SSSR count). The summed E-state index contributed by atoms with van der Waals surface area (Å²) in [7, 11) is 0. The van der Waals surface area contributed by atoms with Crippen molar-refractivity contribution in [2.75, 3.05) is 6.61 Å². The summed E-state index contributed by atoms with van der Waals surface area (Å²) in [6, 6.07) is 5.13. The molecule has 3 nitrogen and oxygen atoms in total. The van der Waals surface area contributed by atoms with Crippen LogP contribution in [0.1, 0.15) is 36.0 Å². The van der Waals surface area contributed by atoms with Crippen molar-refractivity contribution >= 4 is 21.9 Å². The van der Waals surface area contributed by atoms with E-state index < -0.39 is 5.97 Å². The van der Waals surface area contributed by atoms with E-state index in [1.54, 1.807) is 12.1 Å². The molecule has 0 spiro atoms. The molecule has 2 saturated carbocycles. The highest BCUT2D eigenvalue weighted by atomic mass is 79.9. The van der Waals surface area contributed by atoms with Crippen LogP contribution in [0.2, 0.25) is 0 Å². The van der Waals surface area contributed by atoms with Crippen molar-refractivity contribution in [3.8, 4) is 5.75 Å². The zero-order valence-corrected chi connectivity index (χ0v) is 12.2. The molecule has 19 heavy (non-hydrogen) atoms. The van der Waals surface area contributed by atoms with Gasteiger partial charge in [0.2, 0.25) is 0 Å². The first-order valence-electron chi connectivity index (χ1n) is 6.79. The number of para-hydroxylation sites is 1. The molecule has 1 aromatic rings. The summed E-state index contributed by atoms with van der Waals surface area (Å²) >= 11 is 3.38. The van der Waals surface area contributed by atoms with Crippen molar-refractivity contribution in [2.24, 2.45) is 17.8 Å². The van der Waals surface area contributed by atoms with E-state index >= 15 is 0 Å². The molecule has 102 valence electrons. The summed E-state index contributed by atoms with van der Waals surface area (Å²) in [5.41, 5.74) is 0.234. The second-order valence-corrected chi connectivity index (χ2v) is 6.52. The van der Waals surface area contributed by atoms with E-state index in [4.69, 9.17) is 4.74 Å². The molecular weight excluding hydrogens is 308 g/mol. The maximum Gasteiger partial charge on any atom is 0.339 e. The summed E-state index contributed by atoms with van der Waals surface area (Å²) in [6.45, 7) is 0.643. The van der Waals surface area contributed by atoms with Crippen LogP contribution in [0, 0.1) is 17.8 Å². The number of halogens is 1. The van der Waals surface area contributed by atoms with Gasteiger partial charge in [0.25, 0.3) is 0 Å². The highest BCUT2D eigenvalue weighted by molar-refractivity contribution is 9.10. The molecule has 0 aliphatic heterocycles. The van der Waals surface area contributed by atoms with Crippen LogP contribution < -0.4 is 4.74 Å². The van der Waals surface area contributed by atoms with Crippen molar-refractivity contribution < 1.29 is 14.6 Å². The smallest absolute Gasteiger partial charge is 0.339 e. The summed E-state index contributed by atoms with van der Waals surface area (Å²) in [4.78, 5) is 11.2. The first-order chi connectivity index (χ1) is 9.15. The minimum absolute atomic E-state index is 0.234. The van der Waals surface area contributed by atoms with Crippen LogP contribution in [0.4, 0.5) is 0 Å². The molecule has 0 heterocycles. The van der Waals surface area contributed by atoms with Gasteiger partial charge in [-0.15, -0.1) is 0 Å². The minimum Gasteiger partial charge on any atom is -0.491 e. The second-order valence-electron chi connectivity index (χ2n) is 5.67. The van der Waals surface area contributed by atoms with Gasteiger partial charge in [0.1, 0.15) is 11.3 Å². The van der Waals surface area contributed by atoms with Gasteiger partial charge in [-0.1, -0.05) is 12.5 Å². The number of benzene rings is 1. The third-order valence-electron chi connectivity index (χ3n) is 4.52. The average Bonchev–Trinajstić information content (AvgIpc) is 2.99. The van der Waals surface area contributed by atoms with Gasteiger partial charge in [0.05, 0.1) is 11.1 Å². The monoisotopic (exact) mass is 324 g/mol.